The van der Waals surface area contributed by atoms with Crippen LogP contribution in [0.3, 0.4) is 0 Å². The molecule has 0 aliphatic carbocycles. The molecular formula is C22H29ClN2O2. The van der Waals surface area contributed by atoms with Crippen molar-refractivity contribution in [3.05, 3.63) is 47.3 Å². The van der Waals surface area contributed by atoms with Crippen LogP contribution in [0.25, 0.3) is 11.4 Å². The molecule has 1 aromatic carbocycles. The van der Waals surface area contributed by atoms with Crippen LogP contribution in [0.5, 0.6) is 0 Å². The fourth-order valence-electron chi connectivity index (χ4n) is 3.16. The molecule has 0 fully saturated rings. The Kier molecular flexibility index (Phi) is 8.73. The molecule has 1 N–H and O–H groups in total. The molecule has 4 nitrogen and oxygen atoms in total. The Hall–Kier alpha value is -1.94. The van der Waals surface area contributed by atoms with Crippen molar-refractivity contribution in [2.24, 2.45) is 0 Å². The molecule has 0 saturated carbocycles. The lowest BCUT2D eigenvalue weighted by atomic mass is 9.99. The van der Waals surface area contributed by atoms with Gasteiger partial charge in [-0.2, -0.15) is 0 Å². The van der Waals surface area contributed by atoms with E-state index in [4.69, 9.17) is 11.6 Å². The van der Waals surface area contributed by atoms with Crippen LogP contribution >= 0.6 is 11.6 Å². The molecule has 0 radical (unpaired) electrons. The van der Waals surface area contributed by atoms with E-state index in [0.29, 0.717) is 17.8 Å². The number of aromatic nitrogens is 2. The molecule has 0 bridgehead atoms. The molecule has 1 heterocycles. The Bertz CT molecular complexity index is 730. The third kappa shape index (κ3) is 6.94. The number of nitrogens with zero attached hydrogens (tertiary/aromatic N) is 2. The molecule has 5 heteroatoms. The smallest absolute Gasteiger partial charge is 0.335 e. The van der Waals surface area contributed by atoms with Crippen LogP contribution in [-0.2, 0) is 12.8 Å². The maximum atomic E-state index is 11.4. The number of hydrogen-bond acceptors (Lipinski definition) is 3. The molecule has 27 heavy (non-hydrogen) atoms. The highest BCUT2D eigenvalue weighted by molar-refractivity contribution is 6.20. The fourth-order valence-corrected chi connectivity index (χ4v) is 3.32. The number of aryl methyl sites for hydroxylation is 1. The van der Waals surface area contributed by atoms with Crippen molar-refractivity contribution >= 4 is 17.6 Å². The zero-order valence-corrected chi connectivity index (χ0v) is 17.0. The monoisotopic (exact) mass is 388 g/mol. The van der Waals surface area contributed by atoms with Crippen molar-refractivity contribution in [3.63, 3.8) is 0 Å². The molecular weight excluding hydrogens is 360 g/mol. The van der Waals surface area contributed by atoms with Crippen molar-refractivity contribution in [2.75, 3.05) is 0 Å². The molecule has 0 saturated heterocycles. The van der Waals surface area contributed by atoms with E-state index in [2.05, 4.69) is 16.9 Å². The van der Waals surface area contributed by atoms with E-state index >= 15 is 0 Å². The number of benzene rings is 1. The molecule has 0 amide bonds. The number of halogens is 1. The summed E-state index contributed by atoms with van der Waals surface area (Å²) >= 11 is 6.07. The first-order chi connectivity index (χ1) is 13.0. The Balaban J connectivity index is 2.02. The quantitative estimate of drug-likeness (QED) is 0.383. The van der Waals surface area contributed by atoms with E-state index in [1.54, 1.807) is 12.1 Å². The lowest BCUT2D eigenvalue weighted by molar-refractivity contribution is 0.0695. The molecule has 146 valence electrons. The van der Waals surface area contributed by atoms with Crippen LogP contribution in [0.1, 0.15) is 73.9 Å². The van der Waals surface area contributed by atoms with Gasteiger partial charge in [0.15, 0.2) is 5.82 Å². The Morgan fingerprint density at radius 2 is 1.78 bits per heavy atom. The zero-order chi connectivity index (χ0) is 19.6. The van der Waals surface area contributed by atoms with Gasteiger partial charge in [0.1, 0.15) is 0 Å². The predicted octanol–water partition coefficient (Wildman–Crippen LogP) is 5.91. The minimum Gasteiger partial charge on any atom is -0.478 e. The van der Waals surface area contributed by atoms with Crippen molar-refractivity contribution in [3.8, 4) is 11.4 Å². The summed E-state index contributed by atoms with van der Waals surface area (Å²) in [5, 5.41) is 9.21. The summed E-state index contributed by atoms with van der Waals surface area (Å²) < 4.78 is 0. The second kappa shape index (κ2) is 11.0. The van der Waals surface area contributed by atoms with E-state index in [-0.39, 0.29) is 10.9 Å². The average Bonchev–Trinajstić information content (AvgIpc) is 2.64. The van der Waals surface area contributed by atoms with Crippen molar-refractivity contribution in [1.82, 2.24) is 9.97 Å². The average molecular weight is 389 g/mol. The zero-order valence-electron chi connectivity index (χ0n) is 16.2. The first-order valence-corrected chi connectivity index (χ1v) is 10.3. The second-order valence-corrected chi connectivity index (χ2v) is 7.84. The van der Waals surface area contributed by atoms with Crippen molar-refractivity contribution in [1.29, 1.82) is 0 Å². The van der Waals surface area contributed by atoms with Gasteiger partial charge < -0.3 is 5.11 Å². The summed E-state index contributed by atoms with van der Waals surface area (Å²) in [6, 6.07) is 5.21. The summed E-state index contributed by atoms with van der Waals surface area (Å²) in [4.78, 5) is 20.4. The maximum absolute atomic E-state index is 11.4. The number of aromatic carboxylic acids is 1. The number of rotatable bonds is 11. The van der Waals surface area contributed by atoms with Gasteiger partial charge in [-0.25, -0.2) is 14.8 Å². The van der Waals surface area contributed by atoms with Crippen LogP contribution in [0.4, 0.5) is 0 Å². The minimum atomic E-state index is -0.941. The standard InChI is InChI=1S/C22H29ClN2O2/c1-3-4-5-6-7-8-9-17-14-24-21(25-15-17)18-10-11-20(22(26)27)19(13-18)12-16(2)23/h10-11,13-16H,3-9,12H2,1-2H3,(H,26,27)/t16-/m1/s1. The molecule has 0 aliphatic rings. The normalized spacial score (nSPS) is 12.1. The number of hydrogen-bond donors (Lipinski definition) is 1. The van der Waals surface area contributed by atoms with E-state index < -0.39 is 5.97 Å². The van der Waals surface area contributed by atoms with Crippen molar-refractivity contribution in [2.45, 2.75) is 70.6 Å². The number of alkyl halides is 1. The summed E-state index contributed by atoms with van der Waals surface area (Å²) in [7, 11) is 0. The molecule has 2 rings (SSSR count). The summed E-state index contributed by atoms with van der Waals surface area (Å²) in [6.07, 6.45) is 12.9. The third-order valence-electron chi connectivity index (χ3n) is 4.62. The van der Waals surface area contributed by atoms with Crippen LogP contribution in [0.2, 0.25) is 0 Å². The largest absolute Gasteiger partial charge is 0.478 e. The Labute approximate surface area is 167 Å². The van der Waals surface area contributed by atoms with Gasteiger partial charge in [-0.05, 0) is 49.4 Å². The number of unbranched alkanes of at least 4 members (excludes halogenated alkanes) is 5. The van der Waals surface area contributed by atoms with E-state index in [9.17, 15) is 9.90 Å². The van der Waals surface area contributed by atoms with Gasteiger partial charge in [0.25, 0.3) is 0 Å². The minimum absolute atomic E-state index is 0.140. The molecule has 0 aliphatic heterocycles. The second-order valence-electron chi connectivity index (χ2n) is 7.09. The lowest BCUT2D eigenvalue weighted by Gasteiger charge is -2.10. The van der Waals surface area contributed by atoms with E-state index in [1.165, 1.54) is 32.1 Å². The predicted molar refractivity (Wildman–Crippen MR) is 111 cm³/mol. The van der Waals surface area contributed by atoms with Gasteiger partial charge in [0, 0.05) is 23.3 Å². The van der Waals surface area contributed by atoms with Gasteiger partial charge in [0.05, 0.1) is 5.56 Å². The topological polar surface area (TPSA) is 63.1 Å². The summed E-state index contributed by atoms with van der Waals surface area (Å²) in [6.45, 7) is 4.08. The fraction of sp³-hybridized carbons (Fsp3) is 0.500. The number of carboxylic acids is 1. The highest BCUT2D eigenvalue weighted by Gasteiger charge is 2.14. The van der Waals surface area contributed by atoms with Gasteiger partial charge in [-0.3, -0.25) is 0 Å². The van der Waals surface area contributed by atoms with Crippen LogP contribution < -0.4 is 0 Å². The molecule has 0 unspecified atom stereocenters. The molecule has 0 spiro atoms. The first kappa shape index (κ1) is 21.4. The Morgan fingerprint density at radius 1 is 1.11 bits per heavy atom. The van der Waals surface area contributed by atoms with Gasteiger partial charge in [-0.15, -0.1) is 11.6 Å². The number of carboxylic acid groups (broad SMARTS) is 1. The number of carbonyl (C=O) groups is 1. The van der Waals surface area contributed by atoms with Gasteiger partial charge >= 0.3 is 5.97 Å². The van der Waals surface area contributed by atoms with E-state index in [0.717, 1.165) is 24.0 Å². The Morgan fingerprint density at radius 3 is 2.41 bits per heavy atom. The summed E-state index contributed by atoms with van der Waals surface area (Å²) in [5.41, 5.74) is 2.96. The lowest BCUT2D eigenvalue weighted by Crippen LogP contribution is -2.07. The van der Waals surface area contributed by atoms with Crippen molar-refractivity contribution < 1.29 is 9.90 Å². The third-order valence-corrected chi connectivity index (χ3v) is 4.77. The highest BCUT2D eigenvalue weighted by atomic mass is 35.5. The summed E-state index contributed by atoms with van der Waals surface area (Å²) in [5.74, 6) is -0.328. The SMILES string of the molecule is CCCCCCCCc1cnc(-c2ccc(C(=O)O)c(C[C@@H](C)Cl)c2)nc1. The maximum Gasteiger partial charge on any atom is 0.335 e. The first-order valence-electron chi connectivity index (χ1n) is 9.82. The highest BCUT2D eigenvalue weighted by Crippen LogP contribution is 2.22. The molecule has 1 atom stereocenters. The van der Waals surface area contributed by atoms with E-state index in [1.807, 2.05) is 25.4 Å². The molecule has 2 aromatic rings. The van der Waals surface area contributed by atoms with Crippen LogP contribution in [0, 0.1) is 0 Å². The van der Waals surface area contributed by atoms with Crippen LogP contribution in [0.15, 0.2) is 30.6 Å². The molecule has 1 aromatic heterocycles. The van der Waals surface area contributed by atoms with Crippen LogP contribution in [-0.4, -0.2) is 26.4 Å². The van der Waals surface area contributed by atoms with Gasteiger partial charge in [0.2, 0.25) is 0 Å². The van der Waals surface area contributed by atoms with Gasteiger partial charge in [-0.1, -0.05) is 45.1 Å².